The third-order valence-corrected chi connectivity index (χ3v) is 5.09. The molecule has 0 amide bonds. The third kappa shape index (κ3) is 2.86. The minimum absolute atomic E-state index is 0.139. The lowest BCUT2D eigenvalue weighted by Gasteiger charge is -2.36. The summed E-state index contributed by atoms with van der Waals surface area (Å²) in [6.07, 6.45) is 5.35. The summed E-state index contributed by atoms with van der Waals surface area (Å²) in [7, 11) is 0. The van der Waals surface area contributed by atoms with Gasteiger partial charge < -0.3 is 9.88 Å². The molecule has 0 saturated heterocycles. The fraction of sp³-hybridized carbons (Fsp3) is 0.368. The fourth-order valence-corrected chi connectivity index (χ4v) is 3.90. The van der Waals surface area contributed by atoms with Crippen LogP contribution in [0.3, 0.4) is 0 Å². The molecular weight excluding hydrogens is 339 g/mol. The number of nitrogens with one attached hydrogen (secondary N) is 1. The van der Waals surface area contributed by atoms with E-state index in [-0.39, 0.29) is 11.1 Å². The monoisotopic (exact) mass is 358 g/mol. The number of fused-ring (bicyclic) bond motifs is 3. The number of benzene rings is 1. The first-order chi connectivity index (χ1) is 12.0. The van der Waals surface area contributed by atoms with Gasteiger partial charge in [-0.15, -0.1) is 0 Å². The molecule has 1 unspecified atom stereocenters. The Morgan fingerprint density at radius 1 is 1.32 bits per heavy atom. The number of aromatic amines is 1. The summed E-state index contributed by atoms with van der Waals surface area (Å²) in [5.41, 5.74) is 3.16. The molecule has 0 saturated carbocycles. The molecule has 0 aliphatic carbocycles. The topological polar surface area (TPSA) is 44.8 Å². The molecule has 0 spiro atoms. The smallest absolute Gasteiger partial charge is 0.225 e. The molecule has 130 valence electrons. The minimum Gasteiger partial charge on any atom is -0.356 e. The van der Waals surface area contributed by atoms with Crippen molar-refractivity contribution in [2.24, 2.45) is 5.92 Å². The zero-order valence-corrected chi connectivity index (χ0v) is 15.0. The zero-order valence-electron chi connectivity index (χ0n) is 14.3. The lowest BCUT2D eigenvalue weighted by atomic mass is 9.92. The average molecular weight is 359 g/mol. The van der Waals surface area contributed by atoms with E-state index in [1.165, 1.54) is 11.6 Å². The molecule has 1 atom stereocenters. The SMILES string of the molecule is CC(C)CC1c2[nH]c3cc(F)c(Cl)cc3c2CCN1c1ncccn1. The summed E-state index contributed by atoms with van der Waals surface area (Å²) in [5.74, 6) is 0.854. The van der Waals surface area contributed by atoms with Crippen molar-refractivity contribution in [3.63, 3.8) is 0 Å². The highest BCUT2D eigenvalue weighted by molar-refractivity contribution is 6.31. The molecule has 6 heteroatoms. The van der Waals surface area contributed by atoms with Crippen LogP contribution in [0.2, 0.25) is 5.02 Å². The summed E-state index contributed by atoms with van der Waals surface area (Å²) >= 11 is 6.01. The Morgan fingerprint density at radius 3 is 2.80 bits per heavy atom. The van der Waals surface area contributed by atoms with E-state index in [0.717, 1.165) is 41.9 Å². The van der Waals surface area contributed by atoms with Crippen LogP contribution in [0.4, 0.5) is 10.3 Å². The van der Waals surface area contributed by atoms with Crippen LogP contribution in [0.5, 0.6) is 0 Å². The van der Waals surface area contributed by atoms with E-state index in [1.807, 2.05) is 6.07 Å². The summed E-state index contributed by atoms with van der Waals surface area (Å²) in [6, 6.07) is 5.19. The molecule has 25 heavy (non-hydrogen) atoms. The van der Waals surface area contributed by atoms with Crippen molar-refractivity contribution in [2.75, 3.05) is 11.4 Å². The van der Waals surface area contributed by atoms with Crippen LogP contribution in [0, 0.1) is 11.7 Å². The van der Waals surface area contributed by atoms with Gasteiger partial charge in [0.2, 0.25) is 5.95 Å². The number of hydrogen-bond donors (Lipinski definition) is 1. The second-order valence-electron chi connectivity index (χ2n) is 6.97. The van der Waals surface area contributed by atoms with Gasteiger partial charge in [-0.2, -0.15) is 0 Å². The quantitative estimate of drug-likeness (QED) is 0.724. The van der Waals surface area contributed by atoms with E-state index < -0.39 is 5.82 Å². The van der Waals surface area contributed by atoms with Gasteiger partial charge in [0.05, 0.1) is 11.1 Å². The molecule has 0 bridgehead atoms. The summed E-state index contributed by atoms with van der Waals surface area (Å²) in [5, 5.41) is 1.19. The number of H-pyrrole nitrogens is 1. The van der Waals surface area contributed by atoms with Gasteiger partial charge in [-0.3, -0.25) is 0 Å². The van der Waals surface area contributed by atoms with Crippen molar-refractivity contribution in [1.29, 1.82) is 0 Å². The van der Waals surface area contributed by atoms with Gasteiger partial charge in [0.1, 0.15) is 5.82 Å². The van der Waals surface area contributed by atoms with Crippen LogP contribution in [-0.2, 0) is 6.42 Å². The van der Waals surface area contributed by atoms with Crippen LogP contribution in [-0.4, -0.2) is 21.5 Å². The first-order valence-corrected chi connectivity index (χ1v) is 8.95. The van der Waals surface area contributed by atoms with Crippen molar-refractivity contribution < 1.29 is 4.39 Å². The molecule has 1 aliphatic rings. The molecule has 3 aromatic rings. The number of hydrogen-bond acceptors (Lipinski definition) is 3. The molecule has 1 aromatic carbocycles. The van der Waals surface area contributed by atoms with Crippen LogP contribution in [0.1, 0.15) is 37.6 Å². The van der Waals surface area contributed by atoms with E-state index in [2.05, 4.69) is 33.7 Å². The molecule has 1 aliphatic heterocycles. The Labute approximate surface area is 151 Å². The van der Waals surface area contributed by atoms with Crippen molar-refractivity contribution in [3.8, 4) is 0 Å². The molecule has 4 nitrogen and oxygen atoms in total. The van der Waals surface area contributed by atoms with Gasteiger partial charge in [-0.05, 0) is 42.5 Å². The first-order valence-electron chi connectivity index (χ1n) is 8.57. The van der Waals surface area contributed by atoms with E-state index >= 15 is 0 Å². The molecule has 1 N–H and O–H groups in total. The molecule has 3 heterocycles. The Bertz CT molecular complexity index is 907. The largest absolute Gasteiger partial charge is 0.356 e. The highest BCUT2D eigenvalue weighted by Gasteiger charge is 2.32. The van der Waals surface area contributed by atoms with Crippen molar-refractivity contribution in [1.82, 2.24) is 15.0 Å². The molecule has 0 fully saturated rings. The average Bonchev–Trinajstić information content (AvgIpc) is 2.94. The predicted molar refractivity (Wildman–Crippen MR) is 98.5 cm³/mol. The maximum atomic E-state index is 13.9. The van der Waals surface area contributed by atoms with E-state index in [1.54, 1.807) is 18.5 Å². The number of halogens is 2. The summed E-state index contributed by atoms with van der Waals surface area (Å²) in [6.45, 7) is 5.24. The van der Waals surface area contributed by atoms with Gasteiger partial charge in [0.25, 0.3) is 0 Å². The lowest BCUT2D eigenvalue weighted by Crippen LogP contribution is -2.37. The molecule has 0 radical (unpaired) electrons. The van der Waals surface area contributed by atoms with Crippen LogP contribution < -0.4 is 4.90 Å². The Balaban J connectivity index is 1.85. The Morgan fingerprint density at radius 2 is 2.08 bits per heavy atom. The molecular formula is C19H20ClFN4. The summed E-state index contributed by atoms with van der Waals surface area (Å²) in [4.78, 5) is 14.6. The Hall–Kier alpha value is -2.14. The zero-order chi connectivity index (χ0) is 17.6. The van der Waals surface area contributed by atoms with Gasteiger partial charge in [-0.1, -0.05) is 25.4 Å². The fourth-order valence-electron chi connectivity index (χ4n) is 3.73. The van der Waals surface area contributed by atoms with E-state index in [0.29, 0.717) is 5.92 Å². The normalized spacial score (nSPS) is 17.3. The maximum Gasteiger partial charge on any atom is 0.225 e. The van der Waals surface area contributed by atoms with Crippen LogP contribution in [0.25, 0.3) is 10.9 Å². The highest BCUT2D eigenvalue weighted by atomic mass is 35.5. The van der Waals surface area contributed by atoms with Crippen LogP contribution >= 0.6 is 11.6 Å². The van der Waals surface area contributed by atoms with Gasteiger partial charge in [0.15, 0.2) is 0 Å². The predicted octanol–water partition coefficient (Wildman–Crippen LogP) is 4.90. The minimum atomic E-state index is -0.392. The number of aromatic nitrogens is 3. The highest BCUT2D eigenvalue weighted by Crippen LogP contribution is 2.40. The third-order valence-electron chi connectivity index (χ3n) is 4.80. The maximum absolute atomic E-state index is 13.9. The molecule has 4 rings (SSSR count). The van der Waals surface area contributed by atoms with Gasteiger partial charge >= 0.3 is 0 Å². The van der Waals surface area contributed by atoms with Gasteiger partial charge in [-0.25, -0.2) is 14.4 Å². The van der Waals surface area contributed by atoms with Crippen LogP contribution in [0.15, 0.2) is 30.6 Å². The summed E-state index contributed by atoms with van der Waals surface area (Å²) < 4.78 is 13.9. The molecule has 2 aromatic heterocycles. The number of nitrogens with zero attached hydrogens (tertiary/aromatic N) is 3. The second kappa shape index (κ2) is 6.30. The van der Waals surface area contributed by atoms with Gasteiger partial charge in [0, 0.05) is 35.5 Å². The van der Waals surface area contributed by atoms with Crippen molar-refractivity contribution in [2.45, 2.75) is 32.7 Å². The lowest BCUT2D eigenvalue weighted by molar-refractivity contribution is 0.451. The second-order valence-corrected chi connectivity index (χ2v) is 7.37. The van der Waals surface area contributed by atoms with Crippen molar-refractivity contribution in [3.05, 3.63) is 52.7 Å². The Kier molecular flexibility index (Phi) is 4.12. The number of anilines is 1. The van der Waals surface area contributed by atoms with Crippen molar-refractivity contribution >= 4 is 28.5 Å². The number of rotatable bonds is 3. The van der Waals surface area contributed by atoms with E-state index in [9.17, 15) is 4.39 Å². The first kappa shape index (κ1) is 16.3. The van der Waals surface area contributed by atoms with E-state index in [4.69, 9.17) is 11.6 Å². The standard InChI is InChI=1S/C19H20ClFN4/c1-11(2)8-17-18-12(4-7-25(17)19-22-5-3-6-23-19)13-9-14(20)15(21)10-16(13)24-18/h3,5-6,9-11,17,24H,4,7-8H2,1-2H3.